The molecular formula is C18H22FN3O. The first kappa shape index (κ1) is 15.8. The minimum Gasteiger partial charge on any atom is -0.387 e. The fourth-order valence-electron chi connectivity index (χ4n) is 2.96. The van der Waals surface area contributed by atoms with E-state index in [1.165, 1.54) is 6.07 Å². The number of hydrogen-bond donors (Lipinski definition) is 2. The molecule has 5 heteroatoms. The third-order valence-electron chi connectivity index (χ3n) is 4.34. The van der Waals surface area contributed by atoms with Crippen molar-refractivity contribution in [2.24, 2.45) is 5.73 Å². The Hall–Kier alpha value is -2.11. The molecule has 1 aliphatic heterocycles. The number of piperazine rings is 1. The molecule has 3 N–H and O–H groups in total. The molecule has 1 saturated heterocycles. The zero-order chi connectivity index (χ0) is 16.2. The Kier molecular flexibility index (Phi) is 4.79. The lowest BCUT2D eigenvalue weighted by Crippen LogP contribution is -2.46. The summed E-state index contributed by atoms with van der Waals surface area (Å²) in [5.74, 6) is -0.166. The molecule has 2 aromatic rings. The number of halogens is 1. The molecule has 4 nitrogen and oxygen atoms in total. The van der Waals surface area contributed by atoms with E-state index >= 15 is 0 Å². The molecule has 0 bridgehead atoms. The number of anilines is 2. The minimum atomic E-state index is -0.609. The molecule has 0 radical (unpaired) electrons. The van der Waals surface area contributed by atoms with Crippen LogP contribution in [0.5, 0.6) is 0 Å². The van der Waals surface area contributed by atoms with E-state index in [2.05, 4.69) is 9.80 Å². The van der Waals surface area contributed by atoms with Crippen LogP contribution in [-0.2, 0) is 0 Å². The van der Waals surface area contributed by atoms with Crippen LogP contribution in [0.15, 0.2) is 48.5 Å². The molecule has 0 saturated carbocycles. The standard InChI is InChI=1S/C18H22FN3O/c19-16-3-1-2-4-17(16)22-11-9-21(10-12-22)15-7-5-14(6-8-15)18(23)13-20/h1-8,18,23H,9-13,20H2. The molecule has 0 aliphatic carbocycles. The second-order valence-electron chi connectivity index (χ2n) is 5.77. The summed E-state index contributed by atoms with van der Waals surface area (Å²) in [6.45, 7) is 3.48. The Morgan fingerprint density at radius 2 is 1.57 bits per heavy atom. The van der Waals surface area contributed by atoms with Crippen molar-refractivity contribution < 1.29 is 9.50 Å². The van der Waals surface area contributed by atoms with E-state index in [4.69, 9.17) is 5.73 Å². The Balaban J connectivity index is 1.64. The molecule has 0 amide bonds. The number of hydrogen-bond acceptors (Lipinski definition) is 4. The molecule has 0 aromatic heterocycles. The van der Waals surface area contributed by atoms with Gasteiger partial charge in [0, 0.05) is 38.4 Å². The number of aliphatic hydroxyl groups is 1. The van der Waals surface area contributed by atoms with Gasteiger partial charge in [0.25, 0.3) is 0 Å². The summed E-state index contributed by atoms with van der Waals surface area (Å²) >= 11 is 0. The number of benzene rings is 2. The molecule has 0 spiro atoms. The second kappa shape index (κ2) is 6.98. The van der Waals surface area contributed by atoms with E-state index in [0.717, 1.165) is 37.4 Å². The Labute approximate surface area is 135 Å². The number of nitrogens with zero attached hydrogens (tertiary/aromatic N) is 2. The third-order valence-corrected chi connectivity index (χ3v) is 4.34. The van der Waals surface area contributed by atoms with Gasteiger partial charge in [0.05, 0.1) is 11.8 Å². The lowest BCUT2D eigenvalue weighted by atomic mass is 10.1. The van der Waals surface area contributed by atoms with Crippen LogP contribution in [0.2, 0.25) is 0 Å². The summed E-state index contributed by atoms with van der Waals surface area (Å²) in [6.07, 6.45) is -0.609. The predicted octanol–water partition coefficient (Wildman–Crippen LogP) is 2.14. The van der Waals surface area contributed by atoms with Crippen molar-refractivity contribution >= 4 is 11.4 Å². The summed E-state index contributed by atoms with van der Waals surface area (Å²) in [5.41, 5.74) is 8.10. The first-order valence-corrected chi connectivity index (χ1v) is 7.91. The van der Waals surface area contributed by atoms with Crippen molar-refractivity contribution in [3.05, 3.63) is 59.9 Å². The quantitative estimate of drug-likeness (QED) is 0.908. The maximum Gasteiger partial charge on any atom is 0.146 e. The summed E-state index contributed by atoms with van der Waals surface area (Å²) in [5, 5.41) is 9.74. The molecule has 1 unspecified atom stereocenters. The summed E-state index contributed by atoms with van der Waals surface area (Å²) in [6, 6.07) is 14.8. The Bertz CT molecular complexity index is 639. The van der Waals surface area contributed by atoms with E-state index in [9.17, 15) is 9.50 Å². The van der Waals surface area contributed by atoms with Gasteiger partial charge in [-0.2, -0.15) is 0 Å². The van der Waals surface area contributed by atoms with Crippen molar-refractivity contribution in [1.82, 2.24) is 0 Å². The van der Waals surface area contributed by atoms with E-state index in [-0.39, 0.29) is 12.4 Å². The van der Waals surface area contributed by atoms with Crippen LogP contribution in [0, 0.1) is 5.82 Å². The Morgan fingerprint density at radius 3 is 2.17 bits per heavy atom. The fraction of sp³-hybridized carbons (Fsp3) is 0.333. The minimum absolute atomic E-state index is 0.166. The molecule has 1 fully saturated rings. The van der Waals surface area contributed by atoms with Gasteiger partial charge in [-0.1, -0.05) is 24.3 Å². The predicted molar refractivity (Wildman–Crippen MR) is 91.3 cm³/mol. The smallest absolute Gasteiger partial charge is 0.146 e. The number of rotatable bonds is 4. The number of aliphatic hydroxyl groups excluding tert-OH is 1. The molecule has 3 rings (SSSR count). The molecular weight excluding hydrogens is 293 g/mol. The van der Waals surface area contributed by atoms with Gasteiger partial charge in [-0.05, 0) is 29.8 Å². The van der Waals surface area contributed by atoms with Crippen LogP contribution >= 0.6 is 0 Å². The van der Waals surface area contributed by atoms with E-state index in [1.54, 1.807) is 6.07 Å². The maximum absolute atomic E-state index is 13.9. The zero-order valence-corrected chi connectivity index (χ0v) is 13.0. The van der Waals surface area contributed by atoms with Gasteiger partial charge in [-0.15, -0.1) is 0 Å². The van der Waals surface area contributed by atoms with Gasteiger partial charge in [-0.25, -0.2) is 4.39 Å². The van der Waals surface area contributed by atoms with Crippen LogP contribution in [0.3, 0.4) is 0 Å². The van der Waals surface area contributed by atoms with Crippen molar-refractivity contribution in [1.29, 1.82) is 0 Å². The molecule has 2 aromatic carbocycles. The highest BCUT2D eigenvalue weighted by Crippen LogP contribution is 2.24. The highest BCUT2D eigenvalue weighted by molar-refractivity contribution is 5.53. The van der Waals surface area contributed by atoms with Crippen molar-refractivity contribution in [2.75, 3.05) is 42.5 Å². The first-order valence-electron chi connectivity index (χ1n) is 7.91. The highest BCUT2D eigenvalue weighted by atomic mass is 19.1. The molecule has 1 aliphatic rings. The fourth-order valence-corrected chi connectivity index (χ4v) is 2.96. The summed E-state index contributed by atoms with van der Waals surface area (Å²) in [4.78, 5) is 4.36. The molecule has 23 heavy (non-hydrogen) atoms. The average molecular weight is 315 g/mol. The monoisotopic (exact) mass is 315 g/mol. The van der Waals surface area contributed by atoms with Gasteiger partial charge < -0.3 is 20.6 Å². The van der Waals surface area contributed by atoms with Crippen LogP contribution in [0.25, 0.3) is 0 Å². The lowest BCUT2D eigenvalue weighted by molar-refractivity contribution is 0.187. The largest absolute Gasteiger partial charge is 0.387 e. The van der Waals surface area contributed by atoms with Crippen LogP contribution in [-0.4, -0.2) is 37.8 Å². The van der Waals surface area contributed by atoms with Gasteiger partial charge in [0.1, 0.15) is 5.82 Å². The Morgan fingerprint density at radius 1 is 0.957 bits per heavy atom. The molecule has 122 valence electrons. The van der Waals surface area contributed by atoms with E-state index in [1.807, 2.05) is 36.4 Å². The second-order valence-corrected chi connectivity index (χ2v) is 5.77. The number of nitrogens with two attached hydrogens (primary N) is 1. The van der Waals surface area contributed by atoms with E-state index in [0.29, 0.717) is 5.69 Å². The molecule has 1 atom stereocenters. The maximum atomic E-state index is 13.9. The summed E-state index contributed by atoms with van der Waals surface area (Å²) < 4.78 is 13.9. The van der Waals surface area contributed by atoms with E-state index < -0.39 is 6.10 Å². The molecule has 1 heterocycles. The van der Waals surface area contributed by atoms with Gasteiger partial charge in [0.15, 0.2) is 0 Å². The third kappa shape index (κ3) is 3.46. The number of para-hydroxylation sites is 1. The average Bonchev–Trinajstić information content (AvgIpc) is 2.62. The van der Waals surface area contributed by atoms with Crippen LogP contribution in [0.1, 0.15) is 11.7 Å². The normalized spacial score (nSPS) is 16.5. The SMILES string of the molecule is NCC(O)c1ccc(N2CCN(c3ccccc3F)CC2)cc1. The summed E-state index contributed by atoms with van der Waals surface area (Å²) in [7, 11) is 0. The van der Waals surface area contributed by atoms with Crippen molar-refractivity contribution in [2.45, 2.75) is 6.10 Å². The van der Waals surface area contributed by atoms with Crippen LogP contribution < -0.4 is 15.5 Å². The lowest BCUT2D eigenvalue weighted by Gasteiger charge is -2.37. The van der Waals surface area contributed by atoms with Gasteiger partial charge in [0.2, 0.25) is 0 Å². The van der Waals surface area contributed by atoms with Crippen molar-refractivity contribution in [3.63, 3.8) is 0 Å². The highest BCUT2D eigenvalue weighted by Gasteiger charge is 2.19. The topological polar surface area (TPSA) is 52.7 Å². The van der Waals surface area contributed by atoms with Gasteiger partial charge in [-0.3, -0.25) is 0 Å². The zero-order valence-electron chi connectivity index (χ0n) is 13.0. The van der Waals surface area contributed by atoms with Crippen LogP contribution in [0.4, 0.5) is 15.8 Å². The van der Waals surface area contributed by atoms with Crippen molar-refractivity contribution in [3.8, 4) is 0 Å². The van der Waals surface area contributed by atoms with Gasteiger partial charge >= 0.3 is 0 Å². The first-order chi connectivity index (χ1) is 11.2.